The number of halogens is 1. The van der Waals surface area contributed by atoms with E-state index >= 15 is 0 Å². The third kappa shape index (κ3) is 4.41. The molecule has 2 amide bonds. The standard InChI is InChI=1S/C15H15BrN2O2S/c1-10(11-5-2-3-6-12(11)16)18-14(19)9-17-15(20)13-7-4-8-21-13/h2-8,10H,9H2,1H3,(H,17,20)(H,18,19)/t10-/m0/s1. The largest absolute Gasteiger partial charge is 0.348 e. The zero-order valence-electron chi connectivity index (χ0n) is 11.4. The van der Waals surface area contributed by atoms with E-state index in [1.807, 2.05) is 36.6 Å². The molecular formula is C15H15BrN2O2S. The fourth-order valence-corrected chi connectivity index (χ4v) is 3.12. The molecule has 0 radical (unpaired) electrons. The first-order valence-corrected chi connectivity index (χ1v) is 8.10. The van der Waals surface area contributed by atoms with Gasteiger partial charge in [0.05, 0.1) is 17.5 Å². The fraction of sp³-hybridized carbons (Fsp3) is 0.200. The lowest BCUT2D eigenvalue weighted by atomic mass is 10.1. The minimum Gasteiger partial charge on any atom is -0.348 e. The fourth-order valence-electron chi connectivity index (χ4n) is 1.85. The Bertz CT molecular complexity index is 628. The van der Waals surface area contributed by atoms with Crippen LogP contribution in [0.1, 0.15) is 28.2 Å². The van der Waals surface area contributed by atoms with Crippen LogP contribution >= 0.6 is 27.3 Å². The predicted molar refractivity (Wildman–Crippen MR) is 87.4 cm³/mol. The van der Waals surface area contributed by atoms with Crippen LogP contribution in [0.5, 0.6) is 0 Å². The summed E-state index contributed by atoms with van der Waals surface area (Å²) in [5, 5.41) is 7.28. The van der Waals surface area contributed by atoms with Crippen LogP contribution in [-0.4, -0.2) is 18.4 Å². The summed E-state index contributed by atoms with van der Waals surface area (Å²) in [7, 11) is 0. The lowest BCUT2D eigenvalue weighted by Gasteiger charge is -2.16. The molecule has 6 heteroatoms. The molecule has 2 N–H and O–H groups in total. The van der Waals surface area contributed by atoms with Gasteiger partial charge in [0.2, 0.25) is 5.91 Å². The Morgan fingerprint density at radius 1 is 1.24 bits per heavy atom. The quantitative estimate of drug-likeness (QED) is 0.853. The van der Waals surface area contributed by atoms with Crippen molar-refractivity contribution in [1.82, 2.24) is 10.6 Å². The Hall–Kier alpha value is -1.66. The molecule has 0 saturated carbocycles. The summed E-state index contributed by atoms with van der Waals surface area (Å²) in [4.78, 5) is 24.2. The van der Waals surface area contributed by atoms with Crippen LogP contribution < -0.4 is 10.6 Å². The lowest BCUT2D eigenvalue weighted by molar-refractivity contribution is -0.120. The second-order valence-electron chi connectivity index (χ2n) is 4.47. The summed E-state index contributed by atoms with van der Waals surface area (Å²) in [6.45, 7) is 1.87. The van der Waals surface area contributed by atoms with Gasteiger partial charge in [-0.25, -0.2) is 0 Å². The molecular weight excluding hydrogens is 352 g/mol. The average molecular weight is 367 g/mol. The molecule has 0 fully saturated rings. The van der Waals surface area contributed by atoms with Crippen molar-refractivity contribution in [3.63, 3.8) is 0 Å². The Morgan fingerprint density at radius 2 is 2.00 bits per heavy atom. The van der Waals surface area contributed by atoms with Gasteiger partial charge in [-0.15, -0.1) is 11.3 Å². The number of thiophene rings is 1. The van der Waals surface area contributed by atoms with Crippen molar-refractivity contribution < 1.29 is 9.59 Å². The summed E-state index contributed by atoms with van der Waals surface area (Å²) in [6, 6.07) is 11.1. The summed E-state index contributed by atoms with van der Waals surface area (Å²) in [5.41, 5.74) is 0.996. The molecule has 0 aliphatic heterocycles. The van der Waals surface area contributed by atoms with Crippen LogP contribution in [0.2, 0.25) is 0 Å². The third-order valence-corrected chi connectivity index (χ3v) is 4.49. The molecule has 0 saturated heterocycles. The molecule has 4 nitrogen and oxygen atoms in total. The van der Waals surface area contributed by atoms with Crippen molar-refractivity contribution in [2.24, 2.45) is 0 Å². The number of rotatable bonds is 5. The Kier molecular flexibility index (Phi) is 5.52. The van der Waals surface area contributed by atoms with E-state index in [4.69, 9.17) is 0 Å². The van der Waals surface area contributed by atoms with Crippen molar-refractivity contribution in [2.45, 2.75) is 13.0 Å². The Morgan fingerprint density at radius 3 is 2.67 bits per heavy atom. The molecule has 1 aromatic heterocycles. The van der Waals surface area contributed by atoms with Gasteiger partial charge in [0.25, 0.3) is 5.91 Å². The van der Waals surface area contributed by atoms with Gasteiger partial charge < -0.3 is 10.6 Å². The highest BCUT2D eigenvalue weighted by Gasteiger charge is 2.13. The Labute approximate surface area is 135 Å². The van der Waals surface area contributed by atoms with Crippen molar-refractivity contribution in [2.75, 3.05) is 6.54 Å². The van der Waals surface area contributed by atoms with Gasteiger partial charge in [0.15, 0.2) is 0 Å². The smallest absolute Gasteiger partial charge is 0.261 e. The van der Waals surface area contributed by atoms with Crippen molar-refractivity contribution in [3.8, 4) is 0 Å². The van der Waals surface area contributed by atoms with Crippen LogP contribution in [0.3, 0.4) is 0 Å². The molecule has 1 atom stereocenters. The predicted octanol–water partition coefficient (Wildman–Crippen LogP) is 3.12. The average Bonchev–Trinajstić information content (AvgIpc) is 2.99. The van der Waals surface area contributed by atoms with E-state index in [-0.39, 0.29) is 24.4 Å². The first kappa shape index (κ1) is 15.7. The zero-order valence-corrected chi connectivity index (χ0v) is 13.8. The number of hydrogen-bond donors (Lipinski definition) is 2. The van der Waals surface area contributed by atoms with Crippen LogP contribution in [0.25, 0.3) is 0 Å². The van der Waals surface area contributed by atoms with Crippen molar-refractivity contribution >= 4 is 39.1 Å². The molecule has 0 bridgehead atoms. The van der Waals surface area contributed by atoms with Gasteiger partial charge >= 0.3 is 0 Å². The van der Waals surface area contributed by atoms with E-state index in [2.05, 4.69) is 26.6 Å². The van der Waals surface area contributed by atoms with Crippen LogP contribution in [0.4, 0.5) is 0 Å². The number of nitrogens with one attached hydrogen (secondary N) is 2. The molecule has 1 heterocycles. The van der Waals surface area contributed by atoms with Gasteiger partial charge in [-0.05, 0) is 30.0 Å². The van der Waals surface area contributed by atoms with E-state index in [9.17, 15) is 9.59 Å². The van der Waals surface area contributed by atoms with E-state index in [0.29, 0.717) is 4.88 Å². The number of hydrogen-bond acceptors (Lipinski definition) is 3. The maximum absolute atomic E-state index is 11.9. The first-order valence-electron chi connectivity index (χ1n) is 6.43. The van der Waals surface area contributed by atoms with E-state index < -0.39 is 0 Å². The van der Waals surface area contributed by atoms with Gasteiger partial charge in [-0.2, -0.15) is 0 Å². The first-order chi connectivity index (χ1) is 10.1. The SMILES string of the molecule is C[C@H](NC(=O)CNC(=O)c1cccs1)c1ccccc1Br. The third-order valence-electron chi connectivity index (χ3n) is 2.90. The highest BCUT2D eigenvalue weighted by atomic mass is 79.9. The molecule has 0 aliphatic carbocycles. The Balaban J connectivity index is 1.85. The van der Waals surface area contributed by atoms with Crippen LogP contribution in [-0.2, 0) is 4.79 Å². The molecule has 2 aromatic rings. The topological polar surface area (TPSA) is 58.2 Å². The normalized spacial score (nSPS) is 11.7. The molecule has 1 aromatic carbocycles. The minimum absolute atomic E-state index is 0.0362. The van der Waals surface area contributed by atoms with Gasteiger partial charge in [-0.1, -0.05) is 40.2 Å². The second-order valence-corrected chi connectivity index (χ2v) is 6.27. The van der Waals surface area contributed by atoms with Gasteiger partial charge in [0.1, 0.15) is 0 Å². The molecule has 21 heavy (non-hydrogen) atoms. The van der Waals surface area contributed by atoms with E-state index in [1.54, 1.807) is 12.1 Å². The summed E-state index contributed by atoms with van der Waals surface area (Å²) in [5.74, 6) is -0.447. The van der Waals surface area contributed by atoms with E-state index in [0.717, 1.165) is 10.0 Å². The molecule has 0 unspecified atom stereocenters. The molecule has 0 spiro atoms. The van der Waals surface area contributed by atoms with Crippen LogP contribution in [0, 0.1) is 0 Å². The summed E-state index contributed by atoms with van der Waals surface area (Å²) >= 11 is 4.80. The van der Waals surface area contributed by atoms with Crippen molar-refractivity contribution in [1.29, 1.82) is 0 Å². The number of benzene rings is 1. The maximum Gasteiger partial charge on any atom is 0.261 e. The number of carbonyl (C=O) groups is 2. The molecule has 110 valence electrons. The monoisotopic (exact) mass is 366 g/mol. The highest BCUT2D eigenvalue weighted by molar-refractivity contribution is 9.10. The summed E-state index contributed by atoms with van der Waals surface area (Å²) in [6.07, 6.45) is 0. The van der Waals surface area contributed by atoms with Gasteiger partial charge in [0, 0.05) is 4.47 Å². The van der Waals surface area contributed by atoms with Gasteiger partial charge in [-0.3, -0.25) is 9.59 Å². The molecule has 2 rings (SSSR count). The summed E-state index contributed by atoms with van der Waals surface area (Å²) < 4.78 is 0.945. The number of carbonyl (C=O) groups excluding carboxylic acids is 2. The minimum atomic E-state index is -0.228. The van der Waals surface area contributed by atoms with E-state index in [1.165, 1.54) is 11.3 Å². The van der Waals surface area contributed by atoms with Crippen molar-refractivity contribution in [3.05, 3.63) is 56.7 Å². The molecule has 0 aliphatic rings. The highest BCUT2D eigenvalue weighted by Crippen LogP contribution is 2.22. The number of amides is 2. The second kappa shape index (κ2) is 7.38. The maximum atomic E-state index is 11.9. The van der Waals surface area contributed by atoms with Crippen LogP contribution in [0.15, 0.2) is 46.3 Å². The lowest BCUT2D eigenvalue weighted by Crippen LogP contribution is -2.37. The zero-order chi connectivity index (χ0) is 15.2.